The molecule has 1 saturated carbocycles. The molecular formula is C8H17N5. The van der Waals surface area contributed by atoms with E-state index in [0.717, 1.165) is 12.5 Å². The maximum Gasteiger partial charge on any atom is 0.218 e. The molecule has 0 atom stereocenters. The van der Waals surface area contributed by atoms with Crippen LogP contribution >= 0.6 is 0 Å². The highest BCUT2D eigenvalue weighted by molar-refractivity contribution is 5.93. The molecule has 74 valence electrons. The third-order valence-electron chi connectivity index (χ3n) is 1.90. The zero-order valence-electron chi connectivity index (χ0n) is 8.20. The van der Waals surface area contributed by atoms with E-state index in [9.17, 15) is 0 Å². The van der Waals surface area contributed by atoms with Gasteiger partial charge in [0.25, 0.3) is 0 Å². The lowest BCUT2D eigenvalue weighted by Gasteiger charge is -2.09. The van der Waals surface area contributed by atoms with Gasteiger partial charge in [-0.05, 0) is 18.8 Å². The number of hydrogen-bond donors (Lipinski definition) is 2. The van der Waals surface area contributed by atoms with Crippen LogP contribution in [0.2, 0.25) is 0 Å². The molecule has 4 N–H and O–H groups in total. The summed E-state index contributed by atoms with van der Waals surface area (Å²) >= 11 is 0. The topological polar surface area (TPSA) is 80.0 Å². The molecular weight excluding hydrogens is 166 g/mol. The predicted molar refractivity (Wildman–Crippen MR) is 54.5 cm³/mol. The fourth-order valence-electron chi connectivity index (χ4n) is 0.776. The lowest BCUT2D eigenvalue weighted by Crippen LogP contribution is -2.32. The molecule has 0 radical (unpaired) electrons. The summed E-state index contributed by atoms with van der Waals surface area (Å²) in [7, 11) is 3.63. The van der Waals surface area contributed by atoms with Gasteiger partial charge in [-0.2, -0.15) is 4.99 Å². The van der Waals surface area contributed by atoms with E-state index in [2.05, 4.69) is 9.98 Å². The first-order chi connectivity index (χ1) is 6.09. The lowest BCUT2D eigenvalue weighted by molar-refractivity contribution is 0.615. The molecule has 0 bridgehead atoms. The normalized spacial score (nSPS) is 18.9. The van der Waals surface area contributed by atoms with Crippen LogP contribution in [-0.2, 0) is 0 Å². The zero-order chi connectivity index (χ0) is 9.84. The first-order valence-electron chi connectivity index (χ1n) is 4.41. The van der Waals surface area contributed by atoms with E-state index in [0.29, 0.717) is 5.96 Å². The number of nitrogens with zero attached hydrogens (tertiary/aromatic N) is 3. The Morgan fingerprint density at radius 2 is 2.00 bits per heavy atom. The second kappa shape index (κ2) is 4.11. The molecule has 1 fully saturated rings. The molecule has 0 saturated heterocycles. The molecule has 0 amide bonds. The highest BCUT2D eigenvalue weighted by Crippen LogP contribution is 2.28. The Bertz CT molecular complexity index is 227. The van der Waals surface area contributed by atoms with Crippen molar-refractivity contribution in [1.82, 2.24) is 4.90 Å². The molecule has 5 heteroatoms. The Labute approximate surface area is 78.5 Å². The smallest absolute Gasteiger partial charge is 0.218 e. The van der Waals surface area contributed by atoms with Gasteiger partial charge in [-0.25, -0.2) is 0 Å². The average Bonchev–Trinajstić information content (AvgIpc) is 2.83. The van der Waals surface area contributed by atoms with E-state index in [1.165, 1.54) is 12.8 Å². The van der Waals surface area contributed by atoms with E-state index in [1.54, 1.807) is 4.90 Å². The van der Waals surface area contributed by atoms with Crippen LogP contribution in [0.15, 0.2) is 9.98 Å². The minimum absolute atomic E-state index is 0.276. The summed E-state index contributed by atoms with van der Waals surface area (Å²) in [6, 6.07) is 0. The number of hydrogen-bond acceptors (Lipinski definition) is 1. The van der Waals surface area contributed by atoms with Crippen molar-refractivity contribution in [2.45, 2.75) is 12.8 Å². The quantitative estimate of drug-likeness (QED) is 0.451. The van der Waals surface area contributed by atoms with Crippen molar-refractivity contribution >= 4 is 11.9 Å². The van der Waals surface area contributed by atoms with Gasteiger partial charge in [-0.1, -0.05) is 0 Å². The van der Waals surface area contributed by atoms with Crippen LogP contribution in [0.3, 0.4) is 0 Å². The summed E-state index contributed by atoms with van der Waals surface area (Å²) in [5.74, 6) is 1.39. The molecule has 0 unspecified atom stereocenters. The maximum absolute atomic E-state index is 5.55. The van der Waals surface area contributed by atoms with Crippen LogP contribution in [0.4, 0.5) is 0 Å². The first-order valence-corrected chi connectivity index (χ1v) is 4.41. The fourth-order valence-corrected chi connectivity index (χ4v) is 0.776. The number of guanidine groups is 2. The van der Waals surface area contributed by atoms with Crippen LogP contribution < -0.4 is 11.5 Å². The molecule has 0 heterocycles. The standard InChI is InChI=1S/C8H17N5/c1-13(2)8(10)12-7(9)11-5-6-3-4-6/h6H,3-5H2,1-2H3,(H4,9,10,11,12). The Balaban J connectivity index is 2.40. The Morgan fingerprint density at radius 1 is 1.38 bits per heavy atom. The van der Waals surface area contributed by atoms with Gasteiger partial charge in [0.2, 0.25) is 5.96 Å². The molecule has 0 aromatic heterocycles. The third-order valence-corrected chi connectivity index (χ3v) is 1.90. The van der Waals surface area contributed by atoms with Crippen LogP contribution in [0.1, 0.15) is 12.8 Å². The fraction of sp³-hybridized carbons (Fsp3) is 0.750. The molecule has 1 aliphatic rings. The van der Waals surface area contributed by atoms with Gasteiger partial charge in [-0.3, -0.25) is 4.99 Å². The predicted octanol–water partition coefficient (Wildman–Crippen LogP) is -0.413. The van der Waals surface area contributed by atoms with Crippen LogP contribution in [0.5, 0.6) is 0 Å². The maximum atomic E-state index is 5.55. The Kier molecular flexibility index (Phi) is 3.11. The third kappa shape index (κ3) is 3.78. The van der Waals surface area contributed by atoms with Gasteiger partial charge >= 0.3 is 0 Å². The molecule has 0 spiro atoms. The second-order valence-electron chi connectivity index (χ2n) is 3.51. The van der Waals surface area contributed by atoms with Gasteiger partial charge in [0.05, 0.1) is 0 Å². The van der Waals surface area contributed by atoms with Gasteiger partial charge in [-0.15, -0.1) is 0 Å². The molecule has 5 nitrogen and oxygen atoms in total. The average molecular weight is 183 g/mol. The summed E-state index contributed by atoms with van der Waals surface area (Å²) < 4.78 is 0. The SMILES string of the molecule is CN(C)C(N)=NC(N)=NCC1CC1. The van der Waals surface area contributed by atoms with E-state index >= 15 is 0 Å². The minimum Gasteiger partial charge on any atom is -0.369 e. The van der Waals surface area contributed by atoms with Crippen molar-refractivity contribution < 1.29 is 0 Å². The largest absolute Gasteiger partial charge is 0.369 e. The number of aliphatic imine (C=N–C) groups is 2. The summed E-state index contributed by atoms with van der Waals surface area (Å²) in [4.78, 5) is 9.73. The molecule has 0 aromatic rings. The molecule has 1 aliphatic carbocycles. The summed E-state index contributed by atoms with van der Waals surface area (Å²) in [5.41, 5.74) is 11.1. The van der Waals surface area contributed by atoms with E-state index in [-0.39, 0.29) is 5.96 Å². The van der Waals surface area contributed by atoms with Crippen LogP contribution in [0.25, 0.3) is 0 Å². The van der Waals surface area contributed by atoms with Crippen molar-refractivity contribution in [1.29, 1.82) is 0 Å². The number of rotatable bonds is 2. The monoisotopic (exact) mass is 183 g/mol. The van der Waals surface area contributed by atoms with E-state index < -0.39 is 0 Å². The first kappa shape index (κ1) is 9.83. The molecule has 1 rings (SSSR count). The van der Waals surface area contributed by atoms with Gasteiger partial charge in [0, 0.05) is 20.6 Å². The van der Waals surface area contributed by atoms with Crippen LogP contribution in [0, 0.1) is 5.92 Å². The van der Waals surface area contributed by atoms with Crippen molar-refractivity contribution in [3.05, 3.63) is 0 Å². The molecule has 0 aliphatic heterocycles. The zero-order valence-corrected chi connectivity index (χ0v) is 8.20. The highest BCUT2D eigenvalue weighted by atomic mass is 15.2. The Hall–Kier alpha value is -1.26. The van der Waals surface area contributed by atoms with Crippen molar-refractivity contribution in [3.63, 3.8) is 0 Å². The summed E-state index contributed by atoms with van der Waals surface area (Å²) in [6.07, 6.45) is 2.54. The molecule has 0 aromatic carbocycles. The van der Waals surface area contributed by atoms with E-state index in [4.69, 9.17) is 11.5 Å². The van der Waals surface area contributed by atoms with Crippen molar-refractivity contribution in [2.24, 2.45) is 27.4 Å². The lowest BCUT2D eigenvalue weighted by atomic mass is 10.4. The molecule has 13 heavy (non-hydrogen) atoms. The van der Waals surface area contributed by atoms with Crippen molar-refractivity contribution in [2.75, 3.05) is 20.6 Å². The highest BCUT2D eigenvalue weighted by Gasteiger charge is 2.20. The van der Waals surface area contributed by atoms with Gasteiger partial charge < -0.3 is 16.4 Å². The summed E-state index contributed by atoms with van der Waals surface area (Å²) in [6.45, 7) is 0.788. The van der Waals surface area contributed by atoms with Crippen LogP contribution in [-0.4, -0.2) is 37.5 Å². The van der Waals surface area contributed by atoms with Gasteiger partial charge in [0.1, 0.15) is 0 Å². The number of nitrogens with two attached hydrogens (primary N) is 2. The minimum atomic E-state index is 0.276. The van der Waals surface area contributed by atoms with Crippen molar-refractivity contribution in [3.8, 4) is 0 Å². The van der Waals surface area contributed by atoms with E-state index in [1.807, 2.05) is 14.1 Å². The second-order valence-corrected chi connectivity index (χ2v) is 3.51. The summed E-state index contributed by atoms with van der Waals surface area (Å²) in [5, 5.41) is 0. The van der Waals surface area contributed by atoms with Gasteiger partial charge in [0.15, 0.2) is 5.96 Å². The Morgan fingerprint density at radius 3 is 2.46 bits per heavy atom.